The third-order valence-corrected chi connectivity index (χ3v) is 2.33. The first-order chi connectivity index (χ1) is 7.69. The molecule has 1 atom stereocenters. The third kappa shape index (κ3) is 3.52. The van der Waals surface area contributed by atoms with Gasteiger partial charge in [-0.25, -0.2) is 0 Å². The first-order valence-corrected chi connectivity index (χ1v) is 5.09. The molecule has 0 aliphatic rings. The Bertz CT molecular complexity index is 339. The maximum absolute atomic E-state index is 11.6. The van der Waals surface area contributed by atoms with E-state index in [1.54, 1.807) is 14.2 Å². The van der Waals surface area contributed by atoms with Gasteiger partial charge in [0.25, 0.3) is 5.91 Å². The molecule has 1 aromatic rings. The second-order valence-corrected chi connectivity index (χ2v) is 3.47. The van der Waals surface area contributed by atoms with Gasteiger partial charge < -0.3 is 19.2 Å². The molecule has 0 aromatic carbocycles. The van der Waals surface area contributed by atoms with Crippen LogP contribution in [-0.4, -0.2) is 39.4 Å². The number of rotatable bonds is 6. The van der Waals surface area contributed by atoms with E-state index >= 15 is 0 Å². The van der Waals surface area contributed by atoms with Gasteiger partial charge in [-0.05, 0) is 17.7 Å². The molecule has 0 saturated carbocycles. The van der Waals surface area contributed by atoms with Gasteiger partial charge in [0, 0.05) is 20.8 Å². The summed E-state index contributed by atoms with van der Waals surface area (Å²) in [6, 6.07) is 1.51. The molecule has 5 nitrogen and oxygen atoms in total. The number of carbonyl (C=O) groups excluding carboxylic acids is 1. The van der Waals surface area contributed by atoms with E-state index in [0.717, 1.165) is 0 Å². The van der Waals surface area contributed by atoms with E-state index in [4.69, 9.17) is 25.5 Å². The average molecular weight is 248 g/mol. The van der Waals surface area contributed by atoms with E-state index in [9.17, 15) is 4.79 Å². The molecule has 0 bridgehead atoms. The van der Waals surface area contributed by atoms with E-state index < -0.39 is 0 Å². The van der Waals surface area contributed by atoms with Gasteiger partial charge >= 0.3 is 0 Å². The summed E-state index contributed by atoms with van der Waals surface area (Å²) in [5, 5.41) is 2.76. The predicted octanol–water partition coefficient (Wildman–Crippen LogP) is 1.32. The Kier molecular flexibility index (Phi) is 5.31. The molecule has 90 valence electrons. The second-order valence-electron chi connectivity index (χ2n) is 3.13. The van der Waals surface area contributed by atoms with Gasteiger partial charge in [0.15, 0.2) is 0 Å². The van der Waals surface area contributed by atoms with Gasteiger partial charge in [0.1, 0.15) is 0 Å². The van der Waals surface area contributed by atoms with Crippen LogP contribution in [0.1, 0.15) is 10.4 Å². The summed E-state index contributed by atoms with van der Waals surface area (Å²) in [6.45, 7) is 0.764. The maximum atomic E-state index is 11.6. The molecular weight excluding hydrogens is 234 g/mol. The lowest BCUT2D eigenvalue weighted by Gasteiger charge is -2.14. The number of hydrogen-bond acceptors (Lipinski definition) is 4. The van der Waals surface area contributed by atoms with E-state index in [2.05, 4.69) is 5.32 Å². The molecule has 16 heavy (non-hydrogen) atoms. The maximum Gasteiger partial charge on any atom is 0.256 e. The number of amides is 1. The van der Waals surface area contributed by atoms with Gasteiger partial charge in [0.2, 0.25) is 5.22 Å². The molecule has 0 saturated heterocycles. The molecule has 6 heteroatoms. The summed E-state index contributed by atoms with van der Waals surface area (Å²) in [4.78, 5) is 11.6. The van der Waals surface area contributed by atoms with Gasteiger partial charge in [-0.15, -0.1) is 0 Å². The van der Waals surface area contributed by atoms with Crippen LogP contribution in [-0.2, 0) is 9.47 Å². The minimum atomic E-state index is -0.295. The molecule has 0 fully saturated rings. The third-order valence-electron chi connectivity index (χ3n) is 2.04. The number of carbonyl (C=O) groups is 1. The van der Waals surface area contributed by atoms with Crippen LogP contribution in [0.25, 0.3) is 0 Å². The highest BCUT2D eigenvalue weighted by Gasteiger charge is 2.14. The van der Waals surface area contributed by atoms with Crippen molar-refractivity contribution in [3.63, 3.8) is 0 Å². The summed E-state index contributed by atoms with van der Waals surface area (Å²) in [6.07, 6.45) is 1.18. The molecular formula is C10H14ClNO4. The smallest absolute Gasteiger partial charge is 0.256 e. The van der Waals surface area contributed by atoms with Gasteiger partial charge in [-0.3, -0.25) is 4.79 Å². The quantitative estimate of drug-likeness (QED) is 0.824. The van der Waals surface area contributed by atoms with Crippen molar-refractivity contribution in [3.8, 4) is 0 Å². The van der Waals surface area contributed by atoms with Crippen LogP contribution >= 0.6 is 11.6 Å². The zero-order valence-electron chi connectivity index (χ0n) is 9.16. The molecule has 1 N–H and O–H groups in total. The lowest BCUT2D eigenvalue weighted by Crippen LogP contribution is -2.35. The molecule has 0 aliphatic carbocycles. The Morgan fingerprint density at radius 2 is 2.38 bits per heavy atom. The molecule has 1 amide bonds. The highest BCUT2D eigenvalue weighted by molar-refractivity contribution is 6.32. The van der Waals surface area contributed by atoms with Crippen LogP contribution in [0.2, 0.25) is 5.22 Å². The highest BCUT2D eigenvalue weighted by atomic mass is 35.5. The van der Waals surface area contributed by atoms with Crippen molar-refractivity contribution in [2.45, 2.75) is 6.10 Å². The van der Waals surface area contributed by atoms with Crippen molar-refractivity contribution >= 4 is 17.5 Å². The van der Waals surface area contributed by atoms with Crippen molar-refractivity contribution < 1.29 is 18.7 Å². The lowest BCUT2D eigenvalue weighted by molar-refractivity contribution is 0.0285. The minimum absolute atomic E-state index is 0.0817. The molecule has 0 spiro atoms. The topological polar surface area (TPSA) is 60.7 Å². The molecule has 1 rings (SSSR count). The summed E-state index contributed by atoms with van der Waals surface area (Å²) >= 11 is 5.66. The molecule has 0 aliphatic heterocycles. The van der Waals surface area contributed by atoms with E-state index in [0.29, 0.717) is 18.7 Å². The molecule has 1 heterocycles. The summed E-state index contributed by atoms with van der Waals surface area (Å²) in [5.74, 6) is -0.295. The standard InChI is InChI=1S/C10H14ClNO4/c1-14-6-7(15-2)5-12-10(13)8-3-4-16-9(8)11/h3-4,7H,5-6H2,1-2H3,(H,12,13). The first kappa shape index (κ1) is 13.0. The SMILES string of the molecule is COCC(CNC(=O)c1ccoc1Cl)OC. The van der Waals surface area contributed by atoms with Crippen molar-refractivity contribution in [3.05, 3.63) is 23.1 Å². The van der Waals surface area contributed by atoms with Crippen LogP contribution in [0.4, 0.5) is 0 Å². The van der Waals surface area contributed by atoms with Crippen molar-refractivity contribution in [2.75, 3.05) is 27.4 Å². The Labute approximate surface area is 98.7 Å². The molecule has 1 aromatic heterocycles. The summed E-state index contributed by atoms with van der Waals surface area (Å²) in [7, 11) is 3.13. The zero-order chi connectivity index (χ0) is 12.0. The molecule has 0 radical (unpaired) electrons. The summed E-state index contributed by atoms with van der Waals surface area (Å²) in [5.41, 5.74) is 0.314. The van der Waals surface area contributed by atoms with Crippen LogP contribution in [0.5, 0.6) is 0 Å². The normalized spacial score (nSPS) is 12.4. The lowest BCUT2D eigenvalue weighted by atomic mass is 10.3. The fourth-order valence-corrected chi connectivity index (χ4v) is 1.35. The number of hydrogen-bond donors (Lipinski definition) is 1. The van der Waals surface area contributed by atoms with E-state index in [1.165, 1.54) is 12.3 Å². The van der Waals surface area contributed by atoms with Gasteiger partial charge in [0.05, 0.1) is 24.5 Å². The van der Waals surface area contributed by atoms with Crippen molar-refractivity contribution in [2.24, 2.45) is 0 Å². The Morgan fingerprint density at radius 3 is 2.88 bits per heavy atom. The van der Waals surface area contributed by atoms with Crippen molar-refractivity contribution in [1.29, 1.82) is 0 Å². The summed E-state index contributed by atoms with van der Waals surface area (Å²) < 4.78 is 14.8. The average Bonchev–Trinajstić information content (AvgIpc) is 2.70. The number of methoxy groups -OCH3 is 2. The van der Waals surface area contributed by atoms with Crippen LogP contribution in [0, 0.1) is 0 Å². The minimum Gasteiger partial charge on any atom is -0.452 e. The number of ether oxygens (including phenoxy) is 2. The Morgan fingerprint density at radius 1 is 1.62 bits per heavy atom. The highest BCUT2D eigenvalue weighted by Crippen LogP contribution is 2.15. The van der Waals surface area contributed by atoms with Crippen LogP contribution in [0.3, 0.4) is 0 Å². The Hall–Kier alpha value is -1.04. The fourth-order valence-electron chi connectivity index (χ4n) is 1.15. The number of halogens is 1. The molecule has 1 unspecified atom stereocenters. The van der Waals surface area contributed by atoms with Gasteiger partial charge in [-0.2, -0.15) is 0 Å². The zero-order valence-corrected chi connectivity index (χ0v) is 9.91. The predicted molar refractivity (Wildman–Crippen MR) is 58.7 cm³/mol. The largest absolute Gasteiger partial charge is 0.452 e. The number of furan rings is 1. The van der Waals surface area contributed by atoms with Crippen molar-refractivity contribution in [1.82, 2.24) is 5.32 Å². The first-order valence-electron chi connectivity index (χ1n) is 4.72. The van der Waals surface area contributed by atoms with Gasteiger partial charge in [-0.1, -0.05) is 0 Å². The number of nitrogens with one attached hydrogen (secondary N) is 1. The van der Waals surface area contributed by atoms with E-state index in [1.807, 2.05) is 0 Å². The monoisotopic (exact) mass is 247 g/mol. The Balaban J connectivity index is 2.43. The fraction of sp³-hybridized carbons (Fsp3) is 0.500. The van der Waals surface area contributed by atoms with Crippen LogP contribution < -0.4 is 5.32 Å². The second kappa shape index (κ2) is 6.52. The van der Waals surface area contributed by atoms with Crippen LogP contribution in [0.15, 0.2) is 16.7 Å². The van der Waals surface area contributed by atoms with E-state index in [-0.39, 0.29) is 17.2 Å².